The molecule has 92 valence electrons. The molecule has 1 aliphatic rings. The predicted octanol–water partition coefficient (Wildman–Crippen LogP) is 1.08. The molecule has 0 aromatic heterocycles. The molecule has 0 aromatic rings. The Kier molecular flexibility index (Phi) is 3.32. The van der Waals surface area contributed by atoms with Gasteiger partial charge in [0.1, 0.15) is 0 Å². The fraction of sp³-hybridized carbons (Fsp3) is 0.667. The molecule has 1 rings (SSSR count). The number of methoxy groups -OCH3 is 2. The SMILES string of the molecule is COC1(OC)CC(C)C(C#N)(C#N)C1(C#N)C#N. The van der Waals surface area contributed by atoms with Crippen LogP contribution in [0.2, 0.25) is 0 Å². The molecule has 0 aromatic carbocycles. The molecule has 6 heteroatoms. The summed E-state index contributed by atoms with van der Waals surface area (Å²) in [6.07, 6.45) is 0.127. The van der Waals surface area contributed by atoms with E-state index in [1.807, 2.05) is 12.1 Å². The number of hydrogen-bond donors (Lipinski definition) is 0. The molecular weight excluding hydrogens is 232 g/mol. The van der Waals surface area contributed by atoms with E-state index in [2.05, 4.69) is 0 Å². The number of nitrogens with zero attached hydrogens (tertiary/aromatic N) is 4. The smallest absolute Gasteiger partial charge is 0.228 e. The Balaban J connectivity index is 3.72. The summed E-state index contributed by atoms with van der Waals surface area (Å²) >= 11 is 0. The monoisotopic (exact) mass is 244 g/mol. The normalized spacial score (nSPS) is 26.3. The molecule has 0 amide bonds. The molecule has 0 aliphatic heterocycles. The zero-order valence-corrected chi connectivity index (χ0v) is 10.4. The van der Waals surface area contributed by atoms with Crippen LogP contribution in [0.1, 0.15) is 13.3 Å². The minimum Gasteiger partial charge on any atom is -0.351 e. The maximum Gasteiger partial charge on any atom is 0.228 e. The van der Waals surface area contributed by atoms with Crippen LogP contribution >= 0.6 is 0 Å². The Morgan fingerprint density at radius 1 is 0.944 bits per heavy atom. The van der Waals surface area contributed by atoms with Crippen molar-refractivity contribution in [3.63, 3.8) is 0 Å². The van der Waals surface area contributed by atoms with Crippen molar-refractivity contribution < 1.29 is 9.47 Å². The van der Waals surface area contributed by atoms with E-state index in [9.17, 15) is 21.0 Å². The van der Waals surface area contributed by atoms with Gasteiger partial charge in [-0.15, -0.1) is 0 Å². The molecule has 6 nitrogen and oxygen atoms in total. The van der Waals surface area contributed by atoms with Crippen LogP contribution in [0.15, 0.2) is 0 Å². The highest BCUT2D eigenvalue weighted by atomic mass is 16.7. The van der Waals surface area contributed by atoms with Gasteiger partial charge in [-0.1, -0.05) is 6.92 Å². The Bertz CT molecular complexity index is 482. The fourth-order valence-corrected chi connectivity index (χ4v) is 2.72. The van der Waals surface area contributed by atoms with Crippen LogP contribution in [0.4, 0.5) is 0 Å². The van der Waals surface area contributed by atoms with Crippen molar-refractivity contribution in [2.24, 2.45) is 16.7 Å². The highest BCUT2D eigenvalue weighted by molar-refractivity contribution is 5.42. The van der Waals surface area contributed by atoms with E-state index in [1.54, 1.807) is 19.1 Å². The summed E-state index contributed by atoms with van der Waals surface area (Å²) in [5.74, 6) is -2.09. The van der Waals surface area contributed by atoms with Crippen LogP contribution in [0.3, 0.4) is 0 Å². The van der Waals surface area contributed by atoms with E-state index in [-0.39, 0.29) is 6.42 Å². The van der Waals surface area contributed by atoms with Gasteiger partial charge in [0.25, 0.3) is 0 Å². The first-order chi connectivity index (χ1) is 8.49. The molecule has 0 bridgehead atoms. The van der Waals surface area contributed by atoms with Gasteiger partial charge in [-0.05, 0) is 5.92 Å². The minimum atomic E-state index is -1.98. The van der Waals surface area contributed by atoms with Gasteiger partial charge in [0.05, 0.1) is 24.3 Å². The van der Waals surface area contributed by atoms with Crippen LogP contribution in [0, 0.1) is 62.1 Å². The maximum atomic E-state index is 9.40. The lowest BCUT2D eigenvalue weighted by Gasteiger charge is -2.37. The molecule has 1 fully saturated rings. The van der Waals surface area contributed by atoms with E-state index >= 15 is 0 Å². The molecule has 0 N–H and O–H groups in total. The van der Waals surface area contributed by atoms with E-state index < -0.39 is 22.5 Å². The second kappa shape index (κ2) is 4.28. The molecule has 0 radical (unpaired) electrons. The van der Waals surface area contributed by atoms with Crippen molar-refractivity contribution in [3.8, 4) is 24.3 Å². The Morgan fingerprint density at radius 3 is 1.67 bits per heavy atom. The zero-order chi connectivity index (χ0) is 14.0. The molecule has 1 atom stereocenters. The predicted molar refractivity (Wildman–Crippen MR) is 57.8 cm³/mol. The lowest BCUT2D eigenvalue weighted by atomic mass is 9.64. The van der Waals surface area contributed by atoms with Crippen LogP contribution in [-0.2, 0) is 9.47 Å². The summed E-state index contributed by atoms with van der Waals surface area (Å²) in [7, 11) is 2.59. The van der Waals surface area contributed by atoms with Gasteiger partial charge in [-0.3, -0.25) is 0 Å². The quantitative estimate of drug-likeness (QED) is 0.671. The van der Waals surface area contributed by atoms with E-state index in [1.165, 1.54) is 14.2 Å². The molecule has 0 spiro atoms. The number of hydrogen-bond acceptors (Lipinski definition) is 6. The van der Waals surface area contributed by atoms with E-state index in [0.29, 0.717) is 0 Å². The van der Waals surface area contributed by atoms with E-state index in [0.717, 1.165) is 0 Å². The van der Waals surface area contributed by atoms with E-state index in [4.69, 9.17) is 9.47 Å². The van der Waals surface area contributed by atoms with Gasteiger partial charge in [-0.2, -0.15) is 21.0 Å². The third-order valence-corrected chi connectivity index (χ3v) is 3.82. The van der Waals surface area contributed by atoms with Gasteiger partial charge >= 0.3 is 0 Å². The van der Waals surface area contributed by atoms with Crippen LogP contribution in [-0.4, -0.2) is 20.0 Å². The average Bonchev–Trinajstić information content (AvgIpc) is 2.64. The first-order valence-electron chi connectivity index (χ1n) is 5.25. The van der Waals surface area contributed by atoms with Gasteiger partial charge < -0.3 is 9.47 Å². The number of nitriles is 4. The maximum absolute atomic E-state index is 9.40. The first kappa shape index (κ1) is 13.9. The first-order valence-corrected chi connectivity index (χ1v) is 5.25. The third-order valence-electron chi connectivity index (χ3n) is 3.82. The van der Waals surface area contributed by atoms with Crippen LogP contribution < -0.4 is 0 Å². The summed E-state index contributed by atoms with van der Waals surface area (Å²) in [6.45, 7) is 1.63. The fourth-order valence-electron chi connectivity index (χ4n) is 2.72. The zero-order valence-electron chi connectivity index (χ0n) is 10.4. The van der Waals surface area contributed by atoms with Gasteiger partial charge in [0.15, 0.2) is 5.41 Å². The lowest BCUT2D eigenvalue weighted by molar-refractivity contribution is -0.240. The number of rotatable bonds is 2. The van der Waals surface area contributed by atoms with Crippen molar-refractivity contribution in [1.29, 1.82) is 21.0 Å². The standard InChI is InChI=1S/C12H12N4O2/c1-9-4-12(17-2,18-3)11(7-15,8-16)10(9,5-13)6-14/h9H,4H2,1-3H3. The number of ether oxygens (including phenoxy) is 2. The molecule has 1 unspecified atom stereocenters. The van der Waals surface area contributed by atoms with Crippen LogP contribution in [0.5, 0.6) is 0 Å². The molecule has 1 saturated carbocycles. The van der Waals surface area contributed by atoms with Gasteiger partial charge in [0.2, 0.25) is 11.2 Å². The summed E-state index contributed by atoms with van der Waals surface area (Å²) in [4.78, 5) is 0. The van der Waals surface area contributed by atoms with Crippen molar-refractivity contribution in [3.05, 3.63) is 0 Å². The Morgan fingerprint density at radius 2 is 1.39 bits per heavy atom. The minimum absolute atomic E-state index is 0.127. The van der Waals surface area contributed by atoms with Gasteiger partial charge in [0, 0.05) is 20.6 Å². The van der Waals surface area contributed by atoms with Crippen molar-refractivity contribution in [2.45, 2.75) is 19.1 Å². The highest BCUT2D eigenvalue weighted by Gasteiger charge is 2.76. The average molecular weight is 244 g/mol. The topological polar surface area (TPSA) is 114 Å². The largest absolute Gasteiger partial charge is 0.351 e. The lowest BCUT2D eigenvalue weighted by Crippen LogP contribution is -2.52. The molecule has 18 heavy (non-hydrogen) atoms. The molecule has 0 saturated heterocycles. The molecular formula is C12H12N4O2. The molecule has 0 heterocycles. The van der Waals surface area contributed by atoms with Crippen molar-refractivity contribution in [1.82, 2.24) is 0 Å². The van der Waals surface area contributed by atoms with Gasteiger partial charge in [-0.25, -0.2) is 0 Å². The van der Waals surface area contributed by atoms with Crippen LogP contribution in [0.25, 0.3) is 0 Å². The summed E-state index contributed by atoms with van der Waals surface area (Å²) in [5.41, 5.74) is -3.76. The third kappa shape index (κ3) is 1.14. The Labute approximate surface area is 106 Å². The summed E-state index contributed by atoms with van der Waals surface area (Å²) in [6, 6.07) is 7.23. The highest BCUT2D eigenvalue weighted by Crippen LogP contribution is 2.61. The second-order valence-corrected chi connectivity index (χ2v) is 4.27. The van der Waals surface area contributed by atoms with Crippen molar-refractivity contribution >= 4 is 0 Å². The summed E-state index contributed by atoms with van der Waals surface area (Å²) < 4.78 is 10.4. The molecule has 1 aliphatic carbocycles. The summed E-state index contributed by atoms with van der Waals surface area (Å²) in [5, 5.41) is 37.4. The second-order valence-electron chi connectivity index (χ2n) is 4.27. The van der Waals surface area contributed by atoms with Crippen molar-refractivity contribution in [2.75, 3.05) is 14.2 Å². The Hall–Kier alpha value is -2.12.